The first-order valence-corrected chi connectivity index (χ1v) is 5.81. The van der Waals surface area contributed by atoms with E-state index in [4.69, 9.17) is 0 Å². The van der Waals surface area contributed by atoms with E-state index in [0.717, 1.165) is 18.8 Å². The molecule has 0 atom stereocenters. The average Bonchev–Trinajstić information content (AvgIpc) is 2.79. The van der Waals surface area contributed by atoms with Gasteiger partial charge in [-0.3, -0.25) is 0 Å². The van der Waals surface area contributed by atoms with Gasteiger partial charge in [0.15, 0.2) is 0 Å². The van der Waals surface area contributed by atoms with Gasteiger partial charge in [-0.1, -0.05) is 0 Å². The van der Waals surface area contributed by atoms with Crippen molar-refractivity contribution in [2.45, 2.75) is 26.9 Å². The molecule has 0 saturated heterocycles. The fourth-order valence-electron chi connectivity index (χ4n) is 1.44. The third kappa shape index (κ3) is 2.67. The van der Waals surface area contributed by atoms with Gasteiger partial charge in [0.1, 0.15) is 0 Å². The van der Waals surface area contributed by atoms with Crippen LogP contribution in [0.25, 0.3) is 0 Å². The fraction of sp³-hybridized carbons (Fsp3) is 0.364. The maximum absolute atomic E-state index is 3.97. The standard InChI is InChI=1S/C11H15N3S/c1-8-3-11(15-9(8)2)6-12-4-10-5-13-7-14-10/h3,5,7,12H,4,6H2,1-2H3,(H,13,14). The molecule has 2 rings (SSSR count). The van der Waals surface area contributed by atoms with E-state index in [9.17, 15) is 0 Å². The van der Waals surface area contributed by atoms with Gasteiger partial charge in [0, 0.05) is 34.7 Å². The maximum Gasteiger partial charge on any atom is 0.0922 e. The smallest absolute Gasteiger partial charge is 0.0922 e. The Kier molecular flexibility index (Phi) is 3.18. The number of hydrogen-bond donors (Lipinski definition) is 2. The molecule has 0 unspecified atom stereocenters. The molecule has 0 radical (unpaired) electrons. The van der Waals surface area contributed by atoms with Crippen LogP contribution in [-0.4, -0.2) is 9.97 Å². The van der Waals surface area contributed by atoms with Crippen LogP contribution in [0, 0.1) is 13.8 Å². The summed E-state index contributed by atoms with van der Waals surface area (Å²) in [6.07, 6.45) is 3.55. The summed E-state index contributed by atoms with van der Waals surface area (Å²) in [5.74, 6) is 0. The number of imidazole rings is 1. The largest absolute Gasteiger partial charge is 0.347 e. The van der Waals surface area contributed by atoms with Gasteiger partial charge < -0.3 is 10.3 Å². The lowest BCUT2D eigenvalue weighted by molar-refractivity contribution is 0.689. The summed E-state index contributed by atoms with van der Waals surface area (Å²) >= 11 is 1.86. The lowest BCUT2D eigenvalue weighted by Crippen LogP contribution is -2.11. The number of aryl methyl sites for hydroxylation is 2. The molecule has 80 valence electrons. The Bertz CT molecular complexity index is 397. The van der Waals surface area contributed by atoms with Crippen LogP contribution in [0.15, 0.2) is 18.6 Å². The molecule has 2 heterocycles. The van der Waals surface area contributed by atoms with Crippen molar-refractivity contribution in [3.63, 3.8) is 0 Å². The average molecular weight is 221 g/mol. The van der Waals surface area contributed by atoms with Crippen molar-refractivity contribution in [1.82, 2.24) is 15.3 Å². The van der Waals surface area contributed by atoms with E-state index < -0.39 is 0 Å². The Hall–Kier alpha value is -1.13. The van der Waals surface area contributed by atoms with Crippen LogP contribution in [0.2, 0.25) is 0 Å². The second-order valence-electron chi connectivity index (χ2n) is 3.63. The summed E-state index contributed by atoms with van der Waals surface area (Å²) < 4.78 is 0. The number of hydrogen-bond acceptors (Lipinski definition) is 3. The summed E-state index contributed by atoms with van der Waals surface area (Å²) in [7, 11) is 0. The number of H-pyrrole nitrogens is 1. The van der Waals surface area contributed by atoms with Crippen molar-refractivity contribution >= 4 is 11.3 Å². The van der Waals surface area contributed by atoms with E-state index in [2.05, 4.69) is 35.2 Å². The van der Waals surface area contributed by atoms with Crippen molar-refractivity contribution in [3.05, 3.63) is 39.6 Å². The Labute approximate surface area is 93.6 Å². The van der Waals surface area contributed by atoms with Crippen LogP contribution in [0.3, 0.4) is 0 Å². The normalized spacial score (nSPS) is 10.8. The van der Waals surface area contributed by atoms with Crippen LogP contribution in [0.5, 0.6) is 0 Å². The summed E-state index contributed by atoms with van der Waals surface area (Å²) in [6.45, 7) is 6.09. The molecule has 2 N–H and O–H groups in total. The molecule has 0 fully saturated rings. The van der Waals surface area contributed by atoms with Gasteiger partial charge in [-0.15, -0.1) is 11.3 Å². The molecule has 2 aromatic heterocycles. The Morgan fingerprint density at radius 3 is 2.87 bits per heavy atom. The molecule has 0 aliphatic rings. The molecule has 2 aromatic rings. The van der Waals surface area contributed by atoms with Gasteiger partial charge >= 0.3 is 0 Å². The van der Waals surface area contributed by atoms with E-state index in [-0.39, 0.29) is 0 Å². The molecule has 0 amide bonds. The van der Waals surface area contributed by atoms with Crippen LogP contribution < -0.4 is 5.32 Å². The Morgan fingerprint density at radius 2 is 2.27 bits per heavy atom. The quantitative estimate of drug-likeness (QED) is 0.832. The van der Waals surface area contributed by atoms with E-state index in [0.29, 0.717) is 0 Å². The van der Waals surface area contributed by atoms with Gasteiger partial charge in [-0.05, 0) is 25.5 Å². The topological polar surface area (TPSA) is 40.7 Å². The third-order valence-electron chi connectivity index (χ3n) is 2.39. The van der Waals surface area contributed by atoms with Crippen molar-refractivity contribution in [3.8, 4) is 0 Å². The molecular weight excluding hydrogens is 206 g/mol. The molecule has 0 saturated carbocycles. The molecule has 0 aliphatic heterocycles. The number of aromatic nitrogens is 2. The molecule has 0 bridgehead atoms. The van der Waals surface area contributed by atoms with Crippen LogP contribution >= 0.6 is 11.3 Å². The van der Waals surface area contributed by atoms with Gasteiger partial charge in [-0.25, -0.2) is 4.98 Å². The molecular formula is C11H15N3S. The predicted octanol–water partition coefficient (Wildman–Crippen LogP) is 2.38. The second-order valence-corrected chi connectivity index (χ2v) is 4.97. The molecule has 4 heteroatoms. The SMILES string of the molecule is Cc1cc(CNCc2cnc[nH]2)sc1C. The number of thiophene rings is 1. The first-order valence-electron chi connectivity index (χ1n) is 4.99. The zero-order valence-electron chi connectivity index (χ0n) is 9.00. The van der Waals surface area contributed by atoms with Gasteiger partial charge in [0.25, 0.3) is 0 Å². The fourth-order valence-corrected chi connectivity index (χ4v) is 2.46. The minimum absolute atomic E-state index is 0.843. The summed E-state index contributed by atoms with van der Waals surface area (Å²) in [6, 6.07) is 2.25. The maximum atomic E-state index is 3.97. The highest BCUT2D eigenvalue weighted by molar-refractivity contribution is 7.12. The molecule has 15 heavy (non-hydrogen) atoms. The molecule has 0 spiro atoms. The van der Waals surface area contributed by atoms with Crippen molar-refractivity contribution in [1.29, 1.82) is 0 Å². The zero-order valence-corrected chi connectivity index (χ0v) is 9.82. The first kappa shape index (κ1) is 10.4. The highest BCUT2D eigenvalue weighted by Crippen LogP contribution is 2.20. The zero-order chi connectivity index (χ0) is 10.7. The summed E-state index contributed by atoms with van der Waals surface area (Å²) in [4.78, 5) is 9.85. The summed E-state index contributed by atoms with van der Waals surface area (Å²) in [5, 5.41) is 3.38. The number of nitrogens with zero attached hydrogens (tertiary/aromatic N) is 1. The lowest BCUT2D eigenvalue weighted by atomic mass is 10.3. The van der Waals surface area contributed by atoms with Crippen molar-refractivity contribution < 1.29 is 0 Å². The van der Waals surface area contributed by atoms with Gasteiger partial charge in [0.2, 0.25) is 0 Å². The van der Waals surface area contributed by atoms with Crippen LogP contribution in [0.1, 0.15) is 21.0 Å². The molecule has 3 nitrogen and oxygen atoms in total. The number of nitrogens with one attached hydrogen (secondary N) is 2. The minimum Gasteiger partial charge on any atom is -0.347 e. The molecule has 0 aromatic carbocycles. The van der Waals surface area contributed by atoms with Crippen molar-refractivity contribution in [2.24, 2.45) is 0 Å². The first-order chi connectivity index (χ1) is 7.25. The summed E-state index contributed by atoms with van der Waals surface area (Å²) in [5.41, 5.74) is 2.51. The predicted molar refractivity (Wildman–Crippen MR) is 62.9 cm³/mol. The number of rotatable bonds is 4. The Morgan fingerprint density at radius 1 is 1.40 bits per heavy atom. The minimum atomic E-state index is 0.843. The molecule has 0 aliphatic carbocycles. The monoisotopic (exact) mass is 221 g/mol. The Balaban J connectivity index is 1.83. The van der Waals surface area contributed by atoms with Crippen molar-refractivity contribution in [2.75, 3.05) is 0 Å². The lowest BCUT2D eigenvalue weighted by Gasteiger charge is -1.99. The highest BCUT2D eigenvalue weighted by Gasteiger charge is 2.01. The van der Waals surface area contributed by atoms with E-state index >= 15 is 0 Å². The van der Waals surface area contributed by atoms with E-state index in [1.54, 1.807) is 6.33 Å². The highest BCUT2D eigenvalue weighted by atomic mass is 32.1. The van der Waals surface area contributed by atoms with Crippen LogP contribution in [0.4, 0.5) is 0 Å². The number of aromatic amines is 1. The van der Waals surface area contributed by atoms with Crippen LogP contribution in [-0.2, 0) is 13.1 Å². The second kappa shape index (κ2) is 4.59. The third-order valence-corrected chi connectivity index (χ3v) is 3.54. The van der Waals surface area contributed by atoms with E-state index in [1.165, 1.54) is 15.3 Å². The van der Waals surface area contributed by atoms with E-state index in [1.807, 2.05) is 17.5 Å². The van der Waals surface area contributed by atoms with Gasteiger partial charge in [-0.2, -0.15) is 0 Å². The van der Waals surface area contributed by atoms with Gasteiger partial charge in [0.05, 0.1) is 6.33 Å².